The van der Waals surface area contributed by atoms with Crippen LogP contribution in [0.15, 0.2) is 48.5 Å². The van der Waals surface area contributed by atoms with Gasteiger partial charge in [-0.1, -0.05) is 31.2 Å². The number of halogens is 1. The van der Waals surface area contributed by atoms with Gasteiger partial charge in [-0.15, -0.1) is 0 Å². The predicted octanol–water partition coefficient (Wildman–Crippen LogP) is 4.27. The van der Waals surface area contributed by atoms with Crippen LogP contribution in [0.3, 0.4) is 0 Å². The molecule has 0 aliphatic carbocycles. The van der Waals surface area contributed by atoms with Crippen LogP contribution in [0.25, 0.3) is 0 Å². The second-order valence-corrected chi connectivity index (χ2v) is 7.74. The van der Waals surface area contributed by atoms with Crippen molar-refractivity contribution in [1.29, 1.82) is 0 Å². The van der Waals surface area contributed by atoms with Crippen LogP contribution in [0.5, 0.6) is 5.75 Å². The molecule has 0 bridgehead atoms. The molecular weight excluding hydrogens is 385 g/mol. The normalized spacial score (nSPS) is 19.1. The van der Waals surface area contributed by atoms with Crippen LogP contribution >= 0.6 is 0 Å². The van der Waals surface area contributed by atoms with E-state index in [0.29, 0.717) is 32.5 Å². The zero-order chi connectivity index (χ0) is 21.1. The Labute approximate surface area is 175 Å². The molecule has 3 amide bonds. The first-order valence-corrected chi connectivity index (χ1v) is 10.4. The van der Waals surface area contributed by atoms with E-state index < -0.39 is 5.82 Å². The van der Waals surface area contributed by atoms with E-state index in [1.165, 1.54) is 6.07 Å². The Bertz CT molecular complexity index is 927. The molecule has 158 valence electrons. The summed E-state index contributed by atoms with van der Waals surface area (Å²) in [6, 6.07) is 13.7. The summed E-state index contributed by atoms with van der Waals surface area (Å²) in [4.78, 5) is 29.3. The fourth-order valence-electron chi connectivity index (χ4n) is 3.99. The Morgan fingerprint density at radius 1 is 1.10 bits per heavy atom. The van der Waals surface area contributed by atoms with E-state index in [-0.39, 0.29) is 29.6 Å². The van der Waals surface area contributed by atoms with E-state index in [4.69, 9.17) is 4.74 Å². The Kier molecular flexibility index (Phi) is 5.88. The number of benzene rings is 2. The molecule has 2 aromatic rings. The summed E-state index contributed by atoms with van der Waals surface area (Å²) >= 11 is 0. The van der Waals surface area contributed by atoms with Crippen LogP contribution in [-0.2, 0) is 4.79 Å². The van der Waals surface area contributed by atoms with E-state index in [0.717, 1.165) is 17.9 Å². The lowest BCUT2D eigenvalue weighted by Gasteiger charge is -2.39. The van der Waals surface area contributed by atoms with Crippen LogP contribution in [0.2, 0.25) is 0 Å². The van der Waals surface area contributed by atoms with E-state index in [1.54, 1.807) is 28.0 Å². The molecule has 6 nitrogen and oxygen atoms in total. The molecule has 1 N–H and O–H groups in total. The van der Waals surface area contributed by atoms with Crippen molar-refractivity contribution in [2.45, 2.75) is 32.3 Å². The van der Waals surface area contributed by atoms with Crippen LogP contribution in [0.4, 0.5) is 20.6 Å². The van der Waals surface area contributed by atoms with Crippen molar-refractivity contribution in [2.24, 2.45) is 5.92 Å². The maximum atomic E-state index is 13.8. The van der Waals surface area contributed by atoms with Crippen molar-refractivity contribution < 1.29 is 18.7 Å². The van der Waals surface area contributed by atoms with Gasteiger partial charge in [-0.25, -0.2) is 9.18 Å². The minimum Gasteiger partial charge on any atom is -0.486 e. The minimum absolute atomic E-state index is 0.0343. The van der Waals surface area contributed by atoms with Gasteiger partial charge < -0.3 is 15.0 Å². The average molecular weight is 411 g/mol. The van der Waals surface area contributed by atoms with Crippen molar-refractivity contribution in [2.75, 3.05) is 29.9 Å². The molecule has 2 heterocycles. The van der Waals surface area contributed by atoms with E-state index >= 15 is 0 Å². The van der Waals surface area contributed by atoms with Gasteiger partial charge in [0, 0.05) is 19.0 Å². The van der Waals surface area contributed by atoms with Gasteiger partial charge in [0.15, 0.2) is 0 Å². The fraction of sp³-hybridized carbons (Fsp3) is 0.391. The lowest BCUT2D eigenvalue weighted by Crippen LogP contribution is -2.52. The van der Waals surface area contributed by atoms with Gasteiger partial charge in [-0.05, 0) is 43.5 Å². The highest BCUT2D eigenvalue weighted by molar-refractivity contribution is 5.95. The van der Waals surface area contributed by atoms with Gasteiger partial charge >= 0.3 is 6.03 Å². The topological polar surface area (TPSA) is 61.9 Å². The average Bonchev–Trinajstić information content (AvgIpc) is 2.79. The van der Waals surface area contributed by atoms with Gasteiger partial charge in [-0.3, -0.25) is 9.69 Å². The number of urea groups is 1. The smallest absolute Gasteiger partial charge is 0.324 e. The lowest BCUT2D eigenvalue weighted by atomic mass is 9.96. The monoisotopic (exact) mass is 411 g/mol. The van der Waals surface area contributed by atoms with E-state index in [1.807, 2.05) is 31.2 Å². The third kappa shape index (κ3) is 4.10. The largest absolute Gasteiger partial charge is 0.486 e. The Morgan fingerprint density at radius 2 is 1.80 bits per heavy atom. The van der Waals surface area contributed by atoms with E-state index in [9.17, 15) is 14.0 Å². The molecule has 2 aromatic carbocycles. The summed E-state index contributed by atoms with van der Waals surface area (Å²) in [6.07, 6.45) is 1.88. The van der Waals surface area contributed by atoms with Crippen molar-refractivity contribution in [1.82, 2.24) is 4.90 Å². The first-order chi connectivity index (χ1) is 14.6. The van der Waals surface area contributed by atoms with Gasteiger partial charge in [-0.2, -0.15) is 0 Å². The number of amides is 3. The maximum Gasteiger partial charge on any atom is 0.324 e. The standard InChI is InChI=1S/C23H26FN3O3/c1-2-17-15-27(20-9-5-6-10-21(20)30-17)23(29)26-13-11-16(12-14-26)22(28)25-19-8-4-3-7-18(19)24/h3-10,16-17H,2,11-15H2,1H3,(H,25,28)/t17-/m1/s1. The molecule has 0 saturated carbocycles. The number of fused-ring (bicyclic) bond motifs is 1. The number of nitrogens with one attached hydrogen (secondary N) is 1. The summed E-state index contributed by atoms with van der Waals surface area (Å²) in [5.41, 5.74) is 0.975. The number of nitrogens with zero attached hydrogens (tertiary/aromatic N) is 2. The van der Waals surface area contributed by atoms with Gasteiger partial charge in [0.1, 0.15) is 17.7 Å². The summed E-state index contributed by atoms with van der Waals surface area (Å²) in [6.45, 7) is 3.54. The first-order valence-electron chi connectivity index (χ1n) is 10.4. The van der Waals surface area contributed by atoms with E-state index in [2.05, 4.69) is 5.32 Å². The Balaban J connectivity index is 1.39. The number of hydrogen-bond donors (Lipinski definition) is 1. The van der Waals surface area contributed by atoms with Crippen molar-refractivity contribution in [3.05, 3.63) is 54.3 Å². The molecule has 0 spiro atoms. The number of likely N-dealkylation sites (tertiary alicyclic amines) is 1. The Hall–Kier alpha value is -3.09. The summed E-state index contributed by atoms with van der Waals surface area (Å²) in [7, 11) is 0. The van der Waals surface area contributed by atoms with Crippen LogP contribution in [-0.4, -0.2) is 42.6 Å². The number of para-hydroxylation sites is 3. The molecule has 2 aliphatic rings. The number of anilines is 2. The quantitative estimate of drug-likeness (QED) is 0.820. The maximum absolute atomic E-state index is 13.8. The summed E-state index contributed by atoms with van der Waals surface area (Å²) in [5, 5.41) is 2.67. The van der Waals surface area contributed by atoms with Crippen LogP contribution in [0, 0.1) is 11.7 Å². The van der Waals surface area contributed by atoms with Crippen molar-refractivity contribution >= 4 is 23.3 Å². The highest BCUT2D eigenvalue weighted by atomic mass is 19.1. The third-order valence-electron chi connectivity index (χ3n) is 5.79. The highest BCUT2D eigenvalue weighted by Gasteiger charge is 2.34. The summed E-state index contributed by atoms with van der Waals surface area (Å²) < 4.78 is 19.8. The number of piperidine rings is 1. The second-order valence-electron chi connectivity index (χ2n) is 7.74. The molecule has 0 unspecified atom stereocenters. The Morgan fingerprint density at radius 3 is 2.53 bits per heavy atom. The molecule has 1 atom stereocenters. The van der Waals surface area contributed by atoms with Crippen LogP contribution in [0.1, 0.15) is 26.2 Å². The van der Waals surface area contributed by atoms with Gasteiger partial charge in [0.2, 0.25) is 5.91 Å². The van der Waals surface area contributed by atoms with Crippen molar-refractivity contribution in [3.8, 4) is 5.75 Å². The van der Waals surface area contributed by atoms with Crippen LogP contribution < -0.4 is 15.0 Å². The third-order valence-corrected chi connectivity index (χ3v) is 5.79. The minimum atomic E-state index is -0.449. The second kappa shape index (κ2) is 8.73. The molecule has 1 saturated heterocycles. The molecule has 1 fully saturated rings. The molecular formula is C23H26FN3O3. The molecule has 30 heavy (non-hydrogen) atoms. The number of carbonyl (C=O) groups is 2. The molecule has 0 aromatic heterocycles. The molecule has 4 rings (SSSR count). The van der Waals surface area contributed by atoms with Gasteiger partial charge in [0.05, 0.1) is 17.9 Å². The highest BCUT2D eigenvalue weighted by Crippen LogP contribution is 2.35. The number of hydrogen-bond acceptors (Lipinski definition) is 3. The van der Waals surface area contributed by atoms with Gasteiger partial charge in [0.25, 0.3) is 0 Å². The zero-order valence-electron chi connectivity index (χ0n) is 17.0. The number of carbonyl (C=O) groups excluding carboxylic acids is 2. The first kappa shape index (κ1) is 20.2. The molecule has 2 aliphatic heterocycles. The number of rotatable bonds is 3. The molecule has 7 heteroatoms. The summed E-state index contributed by atoms with van der Waals surface area (Å²) in [5.74, 6) is -0.165. The fourth-order valence-corrected chi connectivity index (χ4v) is 3.99. The molecule has 0 radical (unpaired) electrons. The predicted molar refractivity (Wildman–Crippen MR) is 113 cm³/mol. The zero-order valence-corrected chi connectivity index (χ0v) is 17.0. The van der Waals surface area contributed by atoms with Crippen molar-refractivity contribution in [3.63, 3.8) is 0 Å². The number of ether oxygens (including phenoxy) is 1. The lowest BCUT2D eigenvalue weighted by molar-refractivity contribution is -0.121. The SMILES string of the molecule is CC[C@@H]1CN(C(=O)N2CCC(C(=O)Nc3ccccc3F)CC2)c2ccccc2O1.